The fraction of sp³-hybridized carbons (Fsp3) is 0.417. The summed E-state index contributed by atoms with van der Waals surface area (Å²) in [6.07, 6.45) is 1.79. The molecule has 2 fully saturated rings. The van der Waals surface area contributed by atoms with E-state index in [-0.39, 0.29) is 17.7 Å². The fourth-order valence-corrected chi connectivity index (χ4v) is 6.12. The molecule has 2 aliphatic rings. The maximum Gasteiger partial charge on any atom is 0.263 e. The second-order valence-electron chi connectivity index (χ2n) is 8.74. The second kappa shape index (κ2) is 9.81. The van der Waals surface area contributed by atoms with Gasteiger partial charge >= 0.3 is 0 Å². The Morgan fingerprint density at radius 1 is 1.00 bits per heavy atom. The molecule has 8 nitrogen and oxygen atoms in total. The van der Waals surface area contributed by atoms with Crippen LogP contribution in [0.25, 0.3) is 10.2 Å². The Hall–Kier alpha value is -2.82. The molecule has 0 radical (unpaired) electrons. The molecule has 178 valence electrons. The van der Waals surface area contributed by atoms with E-state index in [0.717, 1.165) is 15.1 Å². The van der Waals surface area contributed by atoms with Crippen LogP contribution >= 0.6 is 22.7 Å². The molecule has 0 saturated carbocycles. The van der Waals surface area contributed by atoms with Crippen LogP contribution in [0.2, 0.25) is 0 Å². The number of carbonyl (C=O) groups excluding carboxylic acids is 3. The van der Waals surface area contributed by atoms with Gasteiger partial charge < -0.3 is 20.4 Å². The number of thiophene rings is 1. The van der Waals surface area contributed by atoms with E-state index in [4.69, 9.17) is 0 Å². The molecule has 0 bridgehead atoms. The molecule has 3 aromatic rings. The minimum Gasteiger partial charge on any atom is -0.339 e. The normalized spacial score (nSPS) is 18.5. The van der Waals surface area contributed by atoms with Crippen LogP contribution in [-0.4, -0.2) is 77.3 Å². The first-order valence-corrected chi connectivity index (χ1v) is 13.3. The summed E-state index contributed by atoms with van der Waals surface area (Å²) < 4.78 is 0.946. The van der Waals surface area contributed by atoms with Gasteiger partial charge in [-0.1, -0.05) is 6.07 Å². The van der Waals surface area contributed by atoms with Gasteiger partial charge in [0.05, 0.1) is 20.6 Å². The molecule has 34 heavy (non-hydrogen) atoms. The van der Waals surface area contributed by atoms with E-state index in [1.165, 1.54) is 22.7 Å². The van der Waals surface area contributed by atoms with Gasteiger partial charge in [0.15, 0.2) is 0 Å². The minimum atomic E-state index is -0.947. The molecule has 3 amide bonds. The topological polar surface area (TPSA) is 94.6 Å². The van der Waals surface area contributed by atoms with Gasteiger partial charge in [-0.2, -0.15) is 0 Å². The lowest BCUT2D eigenvalue weighted by atomic mass is 9.86. The number of rotatable bonds is 4. The molecule has 5 rings (SSSR count). The molecule has 0 atom stereocenters. The summed E-state index contributed by atoms with van der Waals surface area (Å²) in [4.78, 5) is 48.5. The van der Waals surface area contributed by atoms with Crippen molar-refractivity contribution in [2.75, 3.05) is 39.3 Å². The number of carbonyl (C=O) groups is 3. The molecule has 2 N–H and O–H groups in total. The Morgan fingerprint density at radius 2 is 1.79 bits per heavy atom. The molecule has 10 heteroatoms. The van der Waals surface area contributed by atoms with Gasteiger partial charge in [0.1, 0.15) is 5.54 Å². The van der Waals surface area contributed by atoms with Crippen LogP contribution in [-0.2, 0) is 4.79 Å². The first kappa shape index (κ1) is 22.9. The van der Waals surface area contributed by atoms with E-state index >= 15 is 0 Å². The minimum absolute atomic E-state index is 0.0210. The smallest absolute Gasteiger partial charge is 0.263 e. The molecular weight excluding hydrogens is 470 g/mol. The summed E-state index contributed by atoms with van der Waals surface area (Å²) in [5.41, 5.74) is 2.21. The van der Waals surface area contributed by atoms with Crippen molar-refractivity contribution in [2.24, 2.45) is 0 Å². The maximum atomic E-state index is 13.8. The van der Waals surface area contributed by atoms with Gasteiger partial charge in [0.25, 0.3) is 11.8 Å². The highest BCUT2D eigenvalue weighted by Crippen LogP contribution is 2.25. The fourth-order valence-electron chi connectivity index (χ4n) is 4.71. The Kier molecular flexibility index (Phi) is 6.62. The zero-order valence-electron chi connectivity index (χ0n) is 18.8. The van der Waals surface area contributed by atoms with Gasteiger partial charge in [-0.25, -0.2) is 4.98 Å². The summed E-state index contributed by atoms with van der Waals surface area (Å²) in [5.74, 6) is -0.269. The first-order valence-electron chi connectivity index (χ1n) is 11.5. The number of amides is 3. The largest absolute Gasteiger partial charge is 0.339 e. The Morgan fingerprint density at radius 3 is 2.59 bits per heavy atom. The summed E-state index contributed by atoms with van der Waals surface area (Å²) in [7, 11) is 0. The monoisotopic (exact) mass is 497 g/mol. The Balaban J connectivity index is 1.31. The lowest BCUT2D eigenvalue weighted by Crippen LogP contribution is -2.63. The lowest BCUT2D eigenvalue weighted by molar-refractivity contribution is -0.139. The zero-order valence-corrected chi connectivity index (χ0v) is 20.4. The predicted molar refractivity (Wildman–Crippen MR) is 133 cm³/mol. The number of benzene rings is 1. The van der Waals surface area contributed by atoms with Crippen molar-refractivity contribution >= 4 is 50.6 Å². The van der Waals surface area contributed by atoms with Crippen molar-refractivity contribution in [1.82, 2.24) is 25.4 Å². The number of hydrogen-bond acceptors (Lipinski definition) is 7. The highest BCUT2D eigenvalue weighted by molar-refractivity contribution is 7.16. The van der Waals surface area contributed by atoms with Gasteiger partial charge in [-0.15, -0.1) is 22.7 Å². The number of hydrogen-bond donors (Lipinski definition) is 2. The van der Waals surface area contributed by atoms with Crippen LogP contribution in [0.5, 0.6) is 0 Å². The summed E-state index contributed by atoms with van der Waals surface area (Å²) in [5, 5.41) is 8.32. The molecule has 2 aromatic heterocycles. The lowest BCUT2D eigenvalue weighted by Gasteiger charge is -2.40. The van der Waals surface area contributed by atoms with Crippen molar-refractivity contribution < 1.29 is 14.4 Å². The predicted octanol–water partition coefficient (Wildman–Crippen LogP) is 2.58. The van der Waals surface area contributed by atoms with E-state index in [1.807, 2.05) is 39.4 Å². The summed E-state index contributed by atoms with van der Waals surface area (Å²) >= 11 is 2.93. The average Bonchev–Trinajstić information content (AvgIpc) is 3.51. The highest BCUT2D eigenvalue weighted by Gasteiger charge is 2.44. The third-order valence-electron chi connectivity index (χ3n) is 6.62. The van der Waals surface area contributed by atoms with Crippen LogP contribution in [0.1, 0.15) is 39.3 Å². The van der Waals surface area contributed by atoms with Crippen LogP contribution in [0.3, 0.4) is 0 Å². The number of aromatic nitrogens is 1. The maximum absolute atomic E-state index is 13.8. The van der Waals surface area contributed by atoms with Crippen molar-refractivity contribution in [3.8, 4) is 0 Å². The second-order valence-corrected chi connectivity index (χ2v) is 10.6. The van der Waals surface area contributed by atoms with Crippen LogP contribution in [0, 0.1) is 0 Å². The molecule has 4 heterocycles. The number of thiazole rings is 1. The molecule has 0 unspecified atom stereocenters. The SMILES string of the molecule is O=C(NC1(C(=O)N2CCCN(C(=O)c3cccs3)CC2)CCNCC1)c1ccc2ncsc2c1. The number of piperidine rings is 1. The Labute approximate surface area is 206 Å². The molecule has 2 saturated heterocycles. The summed E-state index contributed by atoms with van der Waals surface area (Å²) in [6.45, 7) is 3.48. The van der Waals surface area contributed by atoms with Crippen LogP contribution < -0.4 is 10.6 Å². The molecular formula is C24H27N5O3S2. The molecule has 0 spiro atoms. The van der Waals surface area contributed by atoms with E-state index in [2.05, 4.69) is 15.6 Å². The quantitative estimate of drug-likeness (QED) is 0.578. The van der Waals surface area contributed by atoms with Crippen molar-refractivity contribution in [3.63, 3.8) is 0 Å². The van der Waals surface area contributed by atoms with Gasteiger partial charge in [0.2, 0.25) is 5.91 Å². The molecule has 2 aliphatic heterocycles. The number of nitrogens with one attached hydrogen (secondary N) is 2. The van der Waals surface area contributed by atoms with E-state index in [0.29, 0.717) is 64.1 Å². The zero-order chi connectivity index (χ0) is 23.5. The molecule has 0 aliphatic carbocycles. The number of fused-ring (bicyclic) bond motifs is 1. The highest BCUT2D eigenvalue weighted by atomic mass is 32.1. The van der Waals surface area contributed by atoms with E-state index in [9.17, 15) is 14.4 Å². The molecule has 1 aromatic carbocycles. The van der Waals surface area contributed by atoms with Crippen molar-refractivity contribution in [2.45, 2.75) is 24.8 Å². The standard InChI is InChI=1S/C24H27N5O3S2/c30-21(17-4-5-18-20(15-17)34-16-26-18)27-24(6-8-25-9-7-24)23(32)29-11-2-10-28(12-13-29)22(31)19-3-1-14-33-19/h1,3-5,14-16,25H,2,6-13H2,(H,27,30). The number of nitrogens with zero attached hydrogens (tertiary/aromatic N) is 3. The first-order chi connectivity index (χ1) is 16.6. The van der Waals surface area contributed by atoms with Gasteiger partial charge in [-0.05, 0) is 62.0 Å². The van der Waals surface area contributed by atoms with Crippen molar-refractivity contribution in [1.29, 1.82) is 0 Å². The van der Waals surface area contributed by atoms with Gasteiger partial charge in [-0.3, -0.25) is 14.4 Å². The van der Waals surface area contributed by atoms with Gasteiger partial charge in [0, 0.05) is 31.7 Å². The summed E-state index contributed by atoms with van der Waals surface area (Å²) in [6, 6.07) is 9.15. The van der Waals surface area contributed by atoms with E-state index in [1.54, 1.807) is 11.6 Å². The van der Waals surface area contributed by atoms with Crippen molar-refractivity contribution in [3.05, 3.63) is 51.7 Å². The Bertz CT molecular complexity index is 1190. The third kappa shape index (κ3) is 4.57. The average molecular weight is 498 g/mol. The van der Waals surface area contributed by atoms with Crippen LogP contribution in [0.15, 0.2) is 41.2 Å². The van der Waals surface area contributed by atoms with Crippen LogP contribution in [0.4, 0.5) is 0 Å². The van der Waals surface area contributed by atoms with E-state index < -0.39 is 5.54 Å². The third-order valence-corrected chi connectivity index (χ3v) is 8.26.